The molecule has 0 unspecified atom stereocenters. The molecule has 1 saturated heterocycles. The van der Waals surface area contributed by atoms with Crippen molar-refractivity contribution in [3.05, 3.63) is 54.0 Å². The molecule has 2 heterocycles. The van der Waals surface area contributed by atoms with Crippen LogP contribution in [0.3, 0.4) is 0 Å². The van der Waals surface area contributed by atoms with Crippen molar-refractivity contribution in [2.45, 2.75) is 17.9 Å². The van der Waals surface area contributed by atoms with Crippen LogP contribution in [-0.2, 0) is 16.4 Å². The fourth-order valence-electron chi connectivity index (χ4n) is 3.05. The second-order valence-electron chi connectivity index (χ2n) is 6.67. The Labute approximate surface area is 164 Å². The van der Waals surface area contributed by atoms with Gasteiger partial charge in [-0.2, -0.15) is 0 Å². The van der Waals surface area contributed by atoms with Crippen LogP contribution in [0.2, 0.25) is 0 Å². The molecule has 150 valence electrons. The summed E-state index contributed by atoms with van der Waals surface area (Å²) in [5.74, 6) is 0.439. The first-order valence-electron chi connectivity index (χ1n) is 8.99. The third-order valence-electron chi connectivity index (χ3n) is 4.57. The van der Waals surface area contributed by atoms with E-state index in [0.717, 1.165) is 6.26 Å². The number of rotatable bonds is 4. The fraction of sp³-hybridized carbons (Fsp3) is 0.368. The first kappa shape index (κ1) is 19.9. The number of benzene rings is 1. The Bertz CT molecular complexity index is 940. The van der Waals surface area contributed by atoms with E-state index in [0.29, 0.717) is 50.5 Å². The van der Waals surface area contributed by atoms with E-state index >= 15 is 0 Å². The van der Waals surface area contributed by atoms with E-state index in [1.165, 1.54) is 12.1 Å². The smallest absolute Gasteiger partial charge is 0.317 e. The molecule has 0 saturated carbocycles. The lowest BCUT2D eigenvalue weighted by Gasteiger charge is -2.22. The molecule has 3 rings (SSSR count). The van der Waals surface area contributed by atoms with Crippen molar-refractivity contribution >= 4 is 21.8 Å². The van der Waals surface area contributed by atoms with Gasteiger partial charge in [0.25, 0.3) is 5.91 Å². The van der Waals surface area contributed by atoms with Crippen LogP contribution in [0.4, 0.5) is 4.79 Å². The molecule has 1 fully saturated rings. The van der Waals surface area contributed by atoms with Crippen LogP contribution in [0.5, 0.6) is 0 Å². The molecule has 28 heavy (non-hydrogen) atoms. The molecule has 2 aromatic rings. The van der Waals surface area contributed by atoms with Gasteiger partial charge < -0.3 is 19.5 Å². The summed E-state index contributed by atoms with van der Waals surface area (Å²) in [4.78, 5) is 28.6. The van der Waals surface area contributed by atoms with Crippen LogP contribution in [0, 0.1) is 0 Å². The number of nitrogens with one attached hydrogen (secondary N) is 1. The maximum atomic E-state index is 12.8. The van der Waals surface area contributed by atoms with E-state index in [1.807, 2.05) is 0 Å². The SMILES string of the molecule is CS(=O)(=O)c1cccc(C(=O)N2CCCN(C(=O)NCc3ccco3)CC2)c1. The number of hydrogen-bond donors (Lipinski definition) is 1. The molecule has 0 aliphatic carbocycles. The van der Waals surface area contributed by atoms with E-state index in [-0.39, 0.29) is 16.8 Å². The van der Waals surface area contributed by atoms with Gasteiger partial charge in [-0.25, -0.2) is 13.2 Å². The third kappa shape index (κ3) is 4.92. The first-order chi connectivity index (χ1) is 13.3. The number of furan rings is 1. The van der Waals surface area contributed by atoms with Crippen molar-refractivity contribution in [3.63, 3.8) is 0 Å². The van der Waals surface area contributed by atoms with Gasteiger partial charge in [-0.3, -0.25) is 4.79 Å². The van der Waals surface area contributed by atoms with Crippen LogP contribution in [-0.4, -0.2) is 62.6 Å². The zero-order chi connectivity index (χ0) is 20.1. The molecular formula is C19H23N3O5S. The van der Waals surface area contributed by atoms with Crippen LogP contribution < -0.4 is 5.32 Å². The summed E-state index contributed by atoms with van der Waals surface area (Å²) in [5.41, 5.74) is 0.332. The molecule has 1 aliphatic rings. The van der Waals surface area contributed by atoms with Crippen LogP contribution in [0.1, 0.15) is 22.5 Å². The summed E-state index contributed by atoms with van der Waals surface area (Å²) in [7, 11) is -3.38. The minimum absolute atomic E-state index is 0.118. The van der Waals surface area contributed by atoms with Crippen molar-refractivity contribution in [1.29, 1.82) is 0 Å². The standard InChI is InChI=1S/C19H23N3O5S/c1-28(25,26)17-7-2-5-15(13-17)18(23)21-8-4-9-22(11-10-21)19(24)20-14-16-6-3-12-27-16/h2-3,5-7,12-13H,4,8-11,14H2,1H3,(H,20,24). The quantitative estimate of drug-likeness (QED) is 0.835. The lowest BCUT2D eigenvalue weighted by atomic mass is 10.2. The Kier molecular flexibility index (Phi) is 6.03. The molecule has 8 nitrogen and oxygen atoms in total. The number of sulfone groups is 1. The molecule has 1 aromatic carbocycles. The van der Waals surface area contributed by atoms with Crippen LogP contribution >= 0.6 is 0 Å². The van der Waals surface area contributed by atoms with Gasteiger partial charge in [-0.15, -0.1) is 0 Å². The van der Waals surface area contributed by atoms with Crippen molar-refractivity contribution < 1.29 is 22.4 Å². The number of amides is 3. The first-order valence-corrected chi connectivity index (χ1v) is 10.9. The number of hydrogen-bond acceptors (Lipinski definition) is 5. The summed E-state index contributed by atoms with van der Waals surface area (Å²) in [5, 5.41) is 2.81. The van der Waals surface area contributed by atoms with Crippen molar-refractivity contribution in [3.8, 4) is 0 Å². The summed E-state index contributed by atoms with van der Waals surface area (Å²) in [6, 6.07) is 9.38. The van der Waals surface area contributed by atoms with Gasteiger partial charge in [0.2, 0.25) is 0 Å². The van der Waals surface area contributed by atoms with Crippen molar-refractivity contribution in [2.75, 3.05) is 32.4 Å². The average Bonchev–Trinajstić information content (AvgIpc) is 3.07. The van der Waals surface area contributed by atoms with Gasteiger partial charge in [0.05, 0.1) is 17.7 Å². The predicted molar refractivity (Wildman–Crippen MR) is 103 cm³/mol. The van der Waals surface area contributed by atoms with E-state index in [1.54, 1.807) is 40.3 Å². The molecule has 3 amide bonds. The van der Waals surface area contributed by atoms with E-state index in [4.69, 9.17) is 4.42 Å². The summed E-state index contributed by atoms with van der Waals surface area (Å²) in [6.07, 6.45) is 3.31. The number of carbonyl (C=O) groups is 2. The number of nitrogens with zero attached hydrogens (tertiary/aromatic N) is 2. The molecule has 1 aliphatic heterocycles. The molecule has 0 radical (unpaired) electrons. The number of urea groups is 1. The Balaban J connectivity index is 1.60. The highest BCUT2D eigenvalue weighted by atomic mass is 32.2. The van der Waals surface area contributed by atoms with E-state index in [2.05, 4.69) is 5.32 Å². The molecule has 0 atom stereocenters. The predicted octanol–water partition coefficient (Wildman–Crippen LogP) is 1.74. The Morgan fingerprint density at radius 1 is 1.07 bits per heavy atom. The Morgan fingerprint density at radius 2 is 1.82 bits per heavy atom. The van der Waals surface area contributed by atoms with Gasteiger partial charge in [0.15, 0.2) is 9.84 Å². The van der Waals surface area contributed by atoms with Gasteiger partial charge >= 0.3 is 6.03 Å². The minimum atomic E-state index is -3.38. The van der Waals surface area contributed by atoms with Gasteiger partial charge in [0, 0.05) is 38.0 Å². The largest absolute Gasteiger partial charge is 0.467 e. The van der Waals surface area contributed by atoms with E-state index in [9.17, 15) is 18.0 Å². The zero-order valence-electron chi connectivity index (χ0n) is 15.6. The molecule has 9 heteroatoms. The van der Waals surface area contributed by atoms with Gasteiger partial charge in [-0.05, 0) is 36.8 Å². The van der Waals surface area contributed by atoms with Gasteiger partial charge in [-0.1, -0.05) is 6.07 Å². The summed E-state index contributed by atoms with van der Waals surface area (Å²) < 4.78 is 28.6. The summed E-state index contributed by atoms with van der Waals surface area (Å²) in [6.45, 7) is 2.14. The Hall–Kier alpha value is -2.81. The molecule has 1 aromatic heterocycles. The zero-order valence-corrected chi connectivity index (χ0v) is 16.4. The maximum Gasteiger partial charge on any atom is 0.317 e. The average molecular weight is 405 g/mol. The second kappa shape index (κ2) is 8.47. The minimum Gasteiger partial charge on any atom is -0.467 e. The second-order valence-corrected chi connectivity index (χ2v) is 8.69. The lowest BCUT2D eigenvalue weighted by molar-refractivity contribution is 0.0762. The van der Waals surface area contributed by atoms with E-state index < -0.39 is 9.84 Å². The fourth-order valence-corrected chi connectivity index (χ4v) is 3.72. The Morgan fingerprint density at radius 3 is 2.54 bits per heavy atom. The third-order valence-corrected chi connectivity index (χ3v) is 5.68. The highest BCUT2D eigenvalue weighted by Gasteiger charge is 2.23. The molecule has 1 N–H and O–H groups in total. The number of carbonyl (C=O) groups excluding carboxylic acids is 2. The normalized spacial score (nSPS) is 15.2. The maximum absolute atomic E-state index is 12.8. The molecule has 0 spiro atoms. The topological polar surface area (TPSA) is 99.9 Å². The molecular weight excluding hydrogens is 382 g/mol. The molecule has 0 bridgehead atoms. The highest BCUT2D eigenvalue weighted by Crippen LogP contribution is 2.15. The van der Waals surface area contributed by atoms with Crippen LogP contribution in [0.15, 0.2) is 52.0 Å². The van der Waals surface area contributed by atoms with Crippen LogP contribution in [0.25, 0.3) is 0 Å². The van der Waals surface area contributed by atoms with Crippen molar-refractivity contribution in [2.24, 2.45) is 0 Å². The highest BCUT2D eigenvalue weighted by molar-refractivity contribution is 7.90. The van der Waals surface area contributed by atoms with Gasteiger partial charge in [0.1, 0.15) is 5.76 Å². The summed E-state index contributed by atoms with van der Waals surface area (Å²) >= 11 is 0. The lowest BCUT2D eigenvalue weighted by Crippen LogP contribution is -2.42. The monoisotopic (exact) mass is 405 g/mol. The van der Waals surface area contributed by atoms with Crippen molar-refractivity contribution in [1.82, 2.24) is 15.1 Å².